The largest absolute Gasteiger partial charge is 0.381 e. The number of nitrogens with one attached hydrogen (secondary N) is 1. The molecule has 0 atom stereocenters. The third-order valence-corrected chi connectivity index (χ3v) is 5.17. The summed E-state index contributed by atoms with van der Waals surface area (Å²) in [6, 6.07) is 3.94. The number of ether oxygens (including phenoxy) is 1. The lowest BCUT2D eigenvalue weighted by molar-refractivity contribution is 0.0490. The highest BCUT2D eigenvalue weighted by molar-refractivity contribution is 5.93. The van der Waals surface area contributed by atoms with Crippen LogP contribution in [0.1, 0.15) is 42.0 Å². The summed E-state index contributed by atoms with van der Waals surface area (Å²) in [4.78, 5) is 17.6. The molecule has 122 valence electrons. The van der Waals surface area contributed by atoms with Crippen molar-refractivity contribution in [2.24, 2.45) is 5.92 Å². The Kier molecular flexibility index (Phi) is 4.14. The molecule has 5 heteroatoms. The normalized spacial score (nSPS) is 20.9. The minimum absolute atomic E-state index is 0.0698. The number of carbonyl (C=O) groups excluding carboxylic acids is 1. The van der Waals surface area contributed by atoms with Gasteiger partial charge in [-0.15, -0.1) is 0 Å². The first-order chi connectivity index (χ1) is 11.3. The summed E-state index contributed by atoms with van der Waals surface area (Å²) in [7, 11) is 0. The van der Waals surface area contributed by atoms with Crippen molar-refractivity contribution in [2.45, 2.75) is 31.6 Å². The molecule has 1 N–H and O–H groups in total. The van der Waals surface area contributed by atoms with Gasteiger partial charge < -0.3 is 10.1 Å². The molecule has 4 rings (SSSR count). The Labute approximate surface area is 136 Å². The van der Waals surface area contributed by atoms with Crippen molar-refractivity contribution in [3.63, 3.8) is 0 Å². The van der Waals surface area contributed by atoms with Gasteiger partial charge in [0.25, 0.3) is 0 Å². The minimum atomic E-state index is 0.0698. The van der Waals surface area contributed by atoms with Crippen molar-refractivity contribution in [1.29, 1.82) is 0 Å². The van der Waals surface area contributed by atoms with Crippen LogP contribution in [0.2, 0.25) is 0 Å². The number of rotatable bonds is 2. The van der Waals surface area contributed by atoms with Crippen molar-refractivity contribution < 1.29 is 9.53 Å². The number of hydrogen-bond acceptors (Lipinski definition) is 4. The van der Waals surface area contributed by atoms with Crippen LogP contribution in [-0.2, 0) is 4.74 Å². The monoisotopic (exact) mass is 313 g/mol. The number of nitrogens with zero attached hydrogens (tertiary/aromatic N) is 2. The fourth-order valence-corrected chi connectivity index (χ4v) is 3.84. The average Bonchev–Trinajstić information content (AvgIpc) is 3.02. The van der Waals surface area contributed by atoms with E-state index in [0.717, 1.165) is 49.8 Å². The molecule has 2 aromatic rings. The number of carbonyl (C=O) groups is 1. The summed E-state index contributed by atoms with van der Waals surface area (Å²) in [5, 5.41) is 3.41. The third kappa shape index (κ3) is 2.79. The molecule has 4 heterocycles. The Morgan fingerprint density at radius 1 is 1.22 bits per heavy atom. The summed E-state index contributed by atoms with van der Waals surface area (Å²) in [5.41, 5.74) is 3.19. The molecule has 2 fully saturated rings. The van der Waals surface area contributed by atoms with Crippen LogP contribution in [0.3, 0.4) is 0 Å². The van der Waals surface area contributed by atoms with E-state index in [-0.39, 0.29) is 11.8 Å². The second-order valence-corrected chi connectivity index (χ2v) is 6.57. The second-order valence-electron chi connectivity index (χ2n) is 6.57. The molecule has 2 aliphatic heterocycles. The summed E-state index contributed by atoms with van der Waals surface area (Å²) >= 11 is 0. The van der Waals surface area contributed by atoms with E-state index in [9.17, 15) is 4.79 Å². The van der Waals surface area contributed by atoms with Gasteiger partial charge in [0.1, 0.15) is 0 Å². The molecular weight excluding hydrogens is 290 g/mol. The maximum Gasteiger partial charge on any atom is 0.234 e. The Morgan fingerprint density at radius 3 is 2.78 bits per heavy atom. The fourth-order valence-electron chi connectivity index (χ4n) is 3.84. The molecule has 2 aliphatic rings. The van der Waals surface area contributed by atoms with Crippen LogP contribution in [0.15, 0.2) is 24.5 Å². The van der Waals surface area contributed by atoms with E-state index in [0.29, 0.717) is 19.1 Å². The molecule has 0 saturated carbocycles. The summed E-state index contributed by atoms with van der Waals surface area (Å²) in [6.07, 6.45) is 7.76. The van der Waals surface area contributed by atoms with Gasteiger partial charge in [-0.2, -0.15) is 0 Å². The van der Waals surface area contributed by atoms with E-state index in [1.165, 1.54) is 5.56 Å². The standard InChI is InChI=1S/C18H23N3O2/c22-18(14-5-10-23-11-6-14)21-12-15(13-3-8-19-9-4-13)17-16(21)2-1-7-20-17/h1-2,7,12-14,19H,3-6,8-11H2. The first-order valence-electron chi connectivity index (χ1n) is 8.63. The van der Waals surface area contributed by atoms with E-state index in [2.05, 4.69) is 16.5 Å². The van der Waals surface area contributed by atoms with Crippen molar-refractivity contribution in [1.82, 2.24) is 14.9 Å². The molecule has 0 unspecified atom stereocenters. The van der Waals surface area contributed by atoms with E-state index in [1.807, 2.05) is 22.9 Å². The van der Waals surface area contributed by atoms with E-state index < -0.39 is 0 Å². The number of hydrogen-bond donors (Lipinski definition) is 1. The maximum absolute atomic E-state index is 13.0. The molecule has 0 spiro atoms. The highest BCUT2D eigenvalue weighted by Gasteiger charge is 2.27. The topological polar surface area (TPSA) is 56.1 Å². The van der Waals surface area contributed by atoms with Crippen molar-refractivity contribution in [3.05, 3.63) is 30.1 Å². The van der Waals surface area contributed by atoms with Gasteiger partial charge in [0, 0.05) is 31.5 Å². The molecule has 2 saturated heterocycles. The first kappa shape index (κ1) is 14.8. The van der Waals surface area contributed by atoms with Gasteiger partial charge in [0.05, 0.1) is 11.0 Å². The zero-order valence-corrected chi connectivity index (χ0v) is 13.3. The molecule has 0 aliphatic carbocycles. The molecule has 2 aromatic heterocycles. The van der Waals surface area contributed by atoms with Crippen LogP contribution in [0.5, 0.6) is 0 Å². The third-order valence-electron chi connectivity index (χ3n) is 5.17. The smallest absolute Gasteiger partial charge is 0.234 e. The Bertz CT molecular complexity index is 697. The van der Waals surface area contributed by atoms with Crippen molar-refractivity contribution in [3.8, 4) is 0 Å². The Morgan fingerprint density at radius 2 is 2.00 bits per heavy atom. The van der Waals surface area contributed by atoms with Crippen molar-refractivity contribution >= 4 is 16.9 Å². The van der Waals surface area contributed by atoms with Crippen LogP contribution in [0, 0.1) is 5.92 Å². The van der Waals surface area contributed by atoms with E-state index >= 15 is 0 Å². The Balaban J connectivity index is 1.73. The number of aromatic nitrogens is 2. The highest BCUT2D eigenvalue weighted by atomic mass is 16.5. The van der Waals surface area contributed by atoms with Gasteiger partial charge in [-0.05, 0) is 62.4 Å². The van der Waals surface area contributed by atoms with Gasteiger partial charge in [0.2, 0.25) is 5.91 Å². The lowest BCUT2D eigenvalue weighted by atomic mass is 9.91. The van der Waals surface area contributed by atoms with Crippen LogP contribution in [0.4, 0.5) is 0 Å². The summed E-state index contributed by atoms with van der Waals surface area (Å²) < 4.78 is 7.25. The predicted octanol–water partition coefficient (Wildman–Crippen LogP) is 2.57. The zero-order valence-electron chi connectivity index (χ0n) is 13.3. The highest BCUT2D eigenvalue weighted by Crippen LogP contribution is 2.32. The molecule has 23 heavy (non-hydrogen) atoms. The second kappa shape index (κ2) is 6.42. The van der Waals surface area contributed by atoms with Crippen LogP contribution in [0.25, 0.3) is 11.0 Å². The van der Waals surface area contributed by atoms with Crippen LogP contribution >= 0.6 is 0 Å². The lowest BCUT2D eigenvalue weighted by Gasteiger charge is -2.22. The van der Waals surface area contributed by atoms with Gasteiger partial charge in [-0.3, -0.25) is 14.3 Å². The van der Waals surface area contributed by atoms with Gasteiger partial charge in [0.15, 0.2) is 0 Å². The van der Waals surface area contributed by atoms with Crippen molar-refractivity contribution in [2.75, 3.05) is 26.3 Å². The molecule has 0 aromatic carbocycles. The first-order valence-corrected chi connectivity index (χ1v) is 8.63. The van der Waals surface area contributed by atoms with Crippen LogP contribution < -0.4 is 5.32 Å². The maximum atomic E-state index is 13.0. The molecule has 0 radical (unpaired) electrons. The van der Waals surface area contributed by atoms with Gasteiger partial charge in [-0.1, -0.05) is 0 Å². The van der Waals surface area contributed by atoms with Gasteiger partial charge in [-0.25, -0.2) is 0 Å². The van der Waals surface area contributed by atoms with E-state index in [4.69, 9.17) is 4.74 Å². The molecule has 5 nitrogen and oxygen atoms in total. The number of pyridine rings is 1. The predicted molar refractivity (Wildman–Crippen MR) is 88.7 cm³/mol. The fraction of sp³-hybridized carbons (Fsp3) is 0.556. The van der Waals surface area contributed by atoms with Crippen LogP contribution in [-0.4, -0.2) is 41.8 Å². The Hall–Kier alpha value is -1.72. The molecule has 0 bridgehead atoms. The quantitative estimate of drug-likeness (QED) is 0.926. The lowest BCUT2D eigenvalue weighted by Crippen LogP contribution is -2.28. The summed E-state index contributed by atoms with van der Waals surface area (Å²) in [6.45, 7) is 3.46. The van der Waals surface area contributed by atoms with Gasteiger partial charge >= 0.3 is 0 Å². The minimum Gasteiger partial charge on any atom is -0.381 e. The zero-order chi connectivity index (χ0) is 15.6. The average molecular weight is 313 g/mol. The molecular formula is C18H23N3O2. The van der Waals surface area contributed by atoms with E-state index in [1.54, 1.807) is 0 Å². The SMILES string of the molecule is O=C(C1CCOCC1)n1cc(C2CCNCC2)c2ncccc21. The number of fused-ring (bicyclic) bond motifs is 1. The summed E-state index contributed by atoms with van der Waals surface area (Å²) in [5.74, 6) is 0.768. The number of piperidine rings is 1. The molecule has 0 amide bonds.